The van der Waals surface area contributed by atoms with Gasteiger partial charge in [-0.05, 0) is 43.9 Å². The Kier molecular flexibility index (Phi) is 7.32. The predicted molar refractivity (Wildman–Crippen MR) is 157 cm³/mol. The number of piperazine rings is 2. The van der Waals surface area contributed by atoms with Gasteiger partial charge in [0, 0.05) is 57.9 Å². The Morgan fingerprint density at radius 2 is 1.10 bits per heavy atom. The Morgan fingerprint density at radius 1 is 0.667 bits per heavy atom. The Hall–Kier alpha value is -3.40. The SMILES string of the molecule is CN1CCN(S(=O)(=O)c2ccc(C3=NC(=O)c4c(-c5ccc(S(=O)(=O)N6CCN(C)CC6)cc5)[nH]c(O)c43)cc2)CC1. The second-order valence-corrected chi connectivity index (χ2v) is 14.7. The van der Waals surface area contributed by atoms with E-state index in [9.17, 15) is 26.7 Å². The second kappa shape index (κ2) is 10.7. The molecule has 3 aliphatic rings. The number of carbonyl (C=O) groups excluding carboxylic acids is 1. The van der Waals surface area contributed by atoms with E-state index < -0.39 is 26.0 Å². The van der Waals surface area contributed by atoms with Gasteiger partial charge in [0.1, 0.15) is 0 Å². The summed E-state index contributed by atoms with van der Waals surface area (Å²) >= 11 is 0. The minimum absolute atomic E-state index is 0.145. The van der Waals surface area contributed by atoms with Gasteiger partial charge in [-0.2, -0.15) is 8.61 Å². The number of carbonyl (C=O) groups is 1. The van der Waals surface area contributed by atoms with Crippen LogP contribution in [0.5, 0.6) is 5.88 Å². The van der Waals surface area contributed by atoms with Crippen molar-refractivity contribution in [3.63, 3.8) is 0 Å². The first-order valence-electron chi connectivity index (χ1n) is 13.6. The lowest BCUT2D eigenvalue weighted by molar-refractivity contribution is 0.101. The lowest BCUT2D eigenvalue weighted by atomic mass is 10.0. The van der Waals surface area contributed by atoms with Crippen molar-refractivity contribution >= 4 is 31.7 Å². The van der Waals surface area contributed by atoms with E-state index in [2.05, 4.69) is 19.8 Å². The maximum Gasteiger partial charge on any atom is 0.280 e. The molecule has 12 nitrogen and oxygen atoms in total. The van der Waals surface area contributed by atoms with Crippen LogP contribution in [-0.2, 0) is 20.0 Å². The van der Waals surface area contributed by atoms with Crippen LogP contribution in [0.3, 0.4) is 0 Å². The van der Waals surface area contributed by atoms with Crippen LogP contribution in [0.25, 0.3) is 11.3 Å². The van der Waals surface area contributed by atoms with Gasteiger partial charge in [-0.15, -0.1) is 0 Å². The van der Waals surface area contributed by atoms with Crippen molar-refractivity contribution in [1.82, 2.24) is 23.4 Å². The van der Waals surface area contributed by atoms with Crippen molar-refractivity contribution in [1.29, 1.82) is 0 Å². The number of hydrogen-bond acceptors (Lipinski definition) is 8. The molecular formula is C28H32N6O6S2. The Labute approximate surface area is 245 Å². The number of amides is 1. The first-order valence-corrected chi connectivity index (χ1v) is 16.5. The molecule has 0 atom stereocenters. The van der Waals surface area contributed by atoms with Gasteiger partial charge in [-0.25, -0.2) is 21.8 Å². The second-order valence-electron chi connectivity index (χ2n) is 10.8. The molecule has 42 heavy (non-hydrogen) atoms. The minimum Gasteiger partial charge on any atom is -0.494 e. The molecule has 2 aromatic carbocycles. The molecule has 0 radical (unpaired) electrons. The quantitative estimate of drug-likeness (QED) is 0.423. The summed E-state index contributed by atoms with van der Waals surface area (Å²) in [6.07, 6.45) is 0. The van der Waals surface area contributed by atoms with E-state index in [0.717, 1.165) is 0 Å². The van der Waals surface area contributed by atoms with Crippen LogP contribution >= 0.6 is 0 Å². The number of H-pyrrole nitrogens is 1. The number of aromatic nitrogens is 1. The molecule has 0 bridgehead atoms. The number of nitrogens with zero attached hydrogens (tertiary/aromatic N) is 5. The summed E-state index contributed by atoms with van der Waals surface area (Å²) < 4.78 is 55.4. The minimum atomic E-state index is -3.66. The van der Waals surface area contributed by atoms with E-state index in [4.69, 9.17) is 0 Å². The molecule has 0 unspecified atom stereocenters. The molecule has 2 fully saturated rings. The largest absolute Gasteiger partial charge is 0.494 e. The van der Waals surface area contributed by atoms with Crippen LogP contribution in [0.2, 0.25) is 0 Å². The fourth-order valence-electron chi connectivity index (χ4n) is 5.50. The normalized spacial score (nSPS) is 19.7. The molecule has 6 rings (SSSR count). The van der Waals surface area contributed by atoms with E-state index in [1.807, 2.05) is 14.1 Å². The third-order valence-corrected chi connectivity index (χ3v) is 11.9. The van der Waals surface area contributed by atoms with Crippen molar-refractivity contribution in [3.05, 3.63) is 65.2 Å². The average Bonchev–Trinajstić information content (AvgIpc) is 3.51. The molecule has 0 saturated carbocycles. The maximum atomic E-state index is 13.1. The van der Waals surface area contributed by atoms with Crippen molar-refractivity contribution in [2.45, 2.75) is 9.79 Å². The van der Waals surface area contributed by atoms with E-state index in [1.165, 1.54) is 32.9 Å². The van der Waals surface area contributed by atoms with Crippen LogP contribution in [0.4, 0.5) is 0 Å². The summed E-state index contributed by atoms with van der Waals surface area (Å²) in [6.45, 7) is 4.27. The number of benzene rings is 2. The number of aromatic hydroxyl groups is 1. The third-order valence-electron chi connectivity index (χ3n) is 8.12. The molecule has 14 heteroatoms. The van der Waals surface area contributed by atoms with Crippen LogP contribution in [0.15, 0.2) is 63.3 Å². The van der Waals surface area contributed by atoms with Gasteiger partial charge in [-0.1, -0.05) is 24.3 Å². The molecule has 4 heterocycles. The summed E-state index contributed by atoms with van der Waals surface area (Å²) in [4.78, 5) is 24.5. The number of aliphatic imine (C=N–C) groups is 1. The first-order chi connectivity index (χ1) is 20.0. The fraction of sp³-hybridized carbons (Fsp3) is 0.357. The van der Waals surface area contributed by atoms with E-state index in [-0.39, 0.29) is 32.5 Å². The first kappa shape index (κ1) is 28.7. The highest BCUT2D eigenvalue weighted by Crippen LogP contribution is 2.38. The number of hydrogen-bond donors (Lipinski definition) is 2. The van der Waals surface area contributed by atoms with Crippen molar-refractivity contribution in [2.75, 3.05) is 66.5 Å². The molecule has 3 aliphatic heterocycles. The van der Waals surface area contributed by atoms with Crippen LogP contribution in [-0.4, -0.2) is 123 Å². The zero-order chi connectivity index (χ0) is 29.8. The fourth-order valence-corrected chi connectivity index (χ4v) is 8.35. The summed E-state index contributed by atoms with van der Waals surface area (Å²) in [6, 6.07) is 12.3. The Morgan fingerprint density at radius 3 is 1.55 bits per heavy atom. The molecule has 1 aromatic heterocycles. The molecule has 1 amide bonds. The molecule has 2 N–H and O–H groups in total. The van der Waals surface area contributed by atoms with Gasteiger partial charge < -0.3 is 19.9 Å². The summed E-state index contributed by atoms with van der Waals surface area (Å²) in [5.74, 6) is -0.817. The van der Waals surface area contributed by atoms with Crippen molar-refractivity contribution < 1.29 is 26.7 Å². The van der Waals surface area contributed by atoms with Crippen molar-refractivity contribution in [3.8, 4) is 17.1 Å². The highest BCUT2D eigenvalue weighted by atomic mass is 32.2. The lowest BCUT2D eigenvalue weighted by Gasteiger charge is -2.31. The molecule has 0 spiro atoms. The number of aromatic amines is 1. The zero-order valence-electron chi connectivity index (χ0n) is 23.3. The van der Waals surface area contributed by atoms with E-state index >= 15 is 0 Å². The maximum absolute atomic E-state index is 13.1. The summed E-state index contributed by atoms with van der Waals surface area (Å²) in [5, 5.41) is 10.8. The smallest absolute Gasteiger partial charge is 0.280 e. The van der Waals surface area contributed by atoms with E-state index in [0.29, 0.717) is 69.2 Å². The van der Waals surface area contributed by atoms with Gasteiger partial charge in [0.2, 0.25) is 20.0 Å². The predicted octanol–water partition coefficient (Wildman–Crippen LogP) is 1.25. The monoisotopic (exact) mass is 612 g/mol. The van der Waals surface area contributed by atoms with Gasteiger partial charge in [0.15, 0.2) is 5.88 Å². The van der Waals surface area contributed by atoms with Gasteiger partial charge >= 0.3 is 0 Å². The van der Waals surface area contributed by atoms with Gasteiger partial charge in [-0.3, -0.25) is 4.79 Å². The topological polar surface area (TPSA) is 147 Å². The summed E-state index contributed by atoms with van der Waals surface area (Å²) in [7, 11) is -3.42. The lowest BCUT2D eigenvalue weighted by Crippen LogP contribution is -2.47. The Balaban J connectivity index is 1.25. The summed E-state index contributed by atoms with van der Waals surface area (Å²) in [5.41, 5.74) is 1.94. The molecular weight excluding hydrogens is 580 g/mol. The molecule has 222 valence electrons. The van der Waals surface area contributed by atoms with Crippen LogP contribution in [0, 0.1) is 0 Å². The zero-order valence-corrected chi connectivity index (χ0v) is 24.9. The highest BCUT2D eigenvalue weighted by Gasteiger charge is 2.35. The average molecular weight is 613 g/mol. The third kappa shape index (κ3) is 4.97. The number of fused-ring (bicyclic) bond motifs is 1. The van der Waals surface area contributed by atoms with Gasteiger partial charge in [0.05, 0.1) is 32.3 Å². The molecule has 0 aliphatic carbocycles. The standard InChI is InChI=1S/C28H32N6O6S2/c1-31-11-15-33(16-12-31)41(37,38)21-7-3-19(4-8-21)25-23-24(28(36)29-25)26(30-27(23)35)20-5-9-22(10-6-20)42(39,40)34-17-13-32(2)14-18-34/h3-10,29,36H,11-18H2,1-2H3. The van der Waals surface area contributed by atoms with E-state index in [1.54, 1.807) is 24.3 Å². The van der Waals surface area contributed by atoms with Crippen LogP contribution in [0.1, 0.15) is 21.5 Å². The number of sulfonamides is 2. The molecule has 3 aromatic rings. The number of likely N-dealkylation sites (N-methyl/N-ethyl adjacent to an activating group) is 2. The number of nitrogens with one attached hydrogen (secondary N) is 1. The molecule has 2 saturated heterocycles. The number of rotatable bonds is 6. The Bertz CT molecular complexity index is 1770. The van der Waals surface area contributed by atoms with Crippen LogP contribution < -0.4 is 0 Å². The van der Waals surface area contributed by atoms with Gasteiger partial charge in [0.25, 0.3) is 5.91 Å². The highest BCUT2D eigenvalue weighted by molar-refractivity contribution is 7.89. The van der Waals surface area contributed by atoms with Crippen molar-refractivity contribution in [2.24, 2.45) is 4.99 Å².